The molecule has 0 bridgehead atoms. The van der Waals surface area contributed by atoms with E-state index in [4.69, 9.17) is 5.73 Å². The summed E-state index contributed by atoms with van der Waals surface area (Å²) in [5, 5.41) is 9.33. The molecule has 0 amide bonds. The molecule has 4 heteroatoms. The molecular weight excluding hydrogens is 253 g/mol. The highest BCUT2D eigenvalue weighted by atomic mass is 79.9. The SMILES string of the molecule is CC(N)Cc1cccc(O)c1Br.Cl. The lowest BCUT2D eigenvalue weighted by Gasteiger charge is -2.07. The third-order valence-corrected chi connectivity index (χ3v) is 2.52. The average molecular weight is 267 g/mol. The van der Waals surface area contributed by atoms with Crippen LogP contribution in [-0.2, 0) is 6.42 Å². The van der Waals surface area contributed by atoms with E-state index >= 15 is 0 Å². The van der Waals surface area contributed by atoms with Gasteiger partial charge in [-0.3, -0.25) is 0 Å². The molecule has 1 aromatic carbocycles. The van der Waals surface area contributed by atoms with Gasteiger partial charge in [0.2, 0.25) is 0 Å². The predicted molar refractivity (Wildman–Crippen MR) is 60.4 cm³/mol. The van der Waals surface area contributed by atoms with Gasteiger partial charge in [-0.15, -0.1) is 12.4 Å². The van der Waals surface area contributed by atoms with Crippen molar-refractivity contribution in [3.8, 4) is 5.75 Å². The second-order valence-electron chi connectivity index (χ2n) is 2.93. The molecule has 1 aromatic rings. The first-order chi connectivity index (χ1) is 5.61. The van der Waals surface area contributed by atoms with Crippen molar-refractivity contribution in [2.45, 2.75) is 19.4 Å². The summed E-state index contributed by atoms with van der Waals surface area (Å²) >= 11 is 3.30. The van der Waals surface area contributed by atoms with Crippen LogP contribution in [0.15, 0.2) is 22.7 Å². The van der Waals surface area contributed by atoms with Crippen molar-refractivity contribution in [1.82, 2.24) is 0 Å². The smallest absolute Gasteiger partial charge is 0.130 e. The number of hydrogen-bond donors (Lipinski definition) is 2. The van der Waals surface area contributed by atoms with Crippen LogP contribution >= 0.6 is 28.3 Å². The predicted octanol–water partition coefficient (Wildman–Crippen LogP) is 2.47. The molecule has 0 saturated carbocycles. The number of hydrogen-bond acceptors (Lipinski definition) is 2. The summed E-state index contributed by atoms with van der Waals surface area (Å²) in [6.45, 7) is 1.94. The summed E-state index contributed by atoms with van der Waals surface area (Å²) < 4.78 is 0.752. The van der Waals surface area contributed by atoms with E-state index in [-0.39, 0.29) is 24.2 Å². The minimum absolute atomic E-state index is 0. The minimum atomic E-state index is 0. The number of halogens is 2. The van der Waals surface area contributed by atoms with E-state index in [1.54, 1.807) is 6.07 Å². The van der Waals surface area contributed by atoms with Crippen LogP contribution in [0.4, 0.5) is 0 Å². The van der Waals surface area contributed by atoms with Gasteiger partial charge >= 0.3 is 0 Å². The Morgan fingerprint density at radius 1 is 1.54 bits per heavy atom. The molecule has 0 aliphatic heterocycles. The maximum absolute atomic E-state index is 9.33. The molecule has 0 heterocycles. The highest BCUT2D eigenvalue weighted by molar-refractivity contribution is 9.10. The van der Waals surface area contributed by atoms with Crippen molar-refractivity contribution in [2.24, 2.45) is 5.73 Å². The van der Waals surface area contributed by atoms with Gasteiger partial charge in [-0.2, -0.15) is 0 Å². The molecular formula is C9H13BrClNO. The van der Waals surface area contributed by atoms with E-state index in [0.29, 0.717) is 0 Å². The Kier molecular flexibility index (Phi) is 5.37. The fourth-order valence-electron chi connectivity index (χ4n) is 1.07. The Bertz CT molecular complexity index is 278. The molecule has 2 nitrogen and oxygen atoms in total. The van der Waals surface area contributed by atoms with Gasteiger partial charge in [0.1, 0.15) is 5.75 Å². The van der Waals surface area contributed by atoms with Crippen LogP contribution in [0.3, 0.4) is 0 Å². The second kappa shape index (κ2) is 5.47. The maximum atomic E-state index is 9.33. The van der Waals surface area contributed by atoms with E-state index in [2.05, 4.69) is 15.9 Å². The third kappa shape index (κ3) is 3.55. The normalized spacial score (nSPS) is 11.9. The van der Waals surface area contributed by atoms with E-state index in [0.717, 1.165) is 16.5 Å². The topological polar surface area (TPSA) is 46.2 Å². The number of phenols is 1. The molecule has 13 heavy (non-hydrogen) atoms. The van der Waals surface area contributed by atoms with Gasteiger partial charge in [-0.1, -0.05) is 12.1 Å². The summed E-state index contributed by atoms with van der Waals surface area (Å²) in [4.78, 5) is 0. The monoisotopic (exact) mass is 265 g/mol. The quantitative estimate of drug-likeness (QED) is 0.864. The van der Waals surface area contributed by atoms with Crippen molar-refractivity contribution in [3.05, 3.63) is 28.2 Å². The van der Waals surface area contributed by atoms with Gasteiger partial charge in [0.05, 0.1) is 4.47 Å². The first-order valence-electron chi connectivity index (χ1n) is 3.83. The van der Waals surface area contributed by atoms with Crippen LogP contribution in [0.1, 0.15) is 12.5 Å². The van der Waals surface area contributed by atoms with E-state index in [1.807, 2.05) is 19.1 Å². The lowest BCUT2D eigenvalue weighted by molar-refractivity contribution is 0.470. The fraction of sp³-hybridized carbons (Fsp3) is 0.333. The number of phenolic OH excluding ortho intramolecular Hbond substituents is 1. The number of benzene rings is 1. The molecule has 3 N–H and O–H groups in total. The zero-order valence-corrected chi connectivity index (χ0v) is 9.73. The van der Waals surface area contributed by atoms with Crippen LogP contribution in [0.5, 0.6) is 5.75 Å². The number of nitrogens with two attached hydrogens (primary N) is 1. The Labute approximate surface area is 92.7 Å². The van der Waals surface area contributed by atoms with Gasteiger partial charge in [-0.05, 0) is 40.9 Å². The fourth-order valence-corrected chi connectivity index (χ4v) is 1.50. The van der Waals surface area contributed by atoms with Crippen molar-refractivity contribution in [1.29, 1.82) is 0 Å². The van der Waals surface area contributed by atoms with E-state index in [9.17, 15) is 5.11 Å². The van der Waals surface area contributed by atoms with Gasteiger partial charge in [0, 0.05) is 6.04 Å². The lowest BCUT2D eigenvalue weighted by Crippen LogP contribution is -2.17. The summed E-state index contributed by atoms with van der Waals surface area (Å²) in [6, 6.07) is 5.53. The van der Waals surface area contributed by atoms with E-state index < -0.39 is 0 Å². The molecule has 0 radical (unpaired) electrons. The van der Waals surface area contributed by atoms with Gasteiger partial charge in [0.25, 0.3) is 0 Å². The lowest BCUT2D eigenvalue weighted by atomic mass is 10.1. The molecule has 1 unspecified atom stereocenters. The van der Waals surface area contributed by atoms with Gasteiger partial charge in [0.15, 0.2) is 0 Å². The Morgan fingerprint density at radius 3 is 2.69 bits per heavy atom. The van der Waals surface area contributed by atoms with Crippen LogP contribution in [0.25, 0.3) is 0 Å². The van der Waals surface area contributed by atoms with Crippen LogP contribution in [-0.4, -0.2) is 11.1 Å². The number of rotatable bonds is 2. The molecule has 74 valence electrons. The van der Waals surface area contributed by atoms with Crippen LogP contribution in [0.2, 0.25) is 0 Å². The molecule has 1 atom stereocenters. The Balaban J connectivity index is 0.00000144. The largest absolute Gasteiger partial charge is 0.507 e. The summed E-state index contributed by atoms with van der Waals surface area (Å²) in [5.41, 5.74) is 6.69. The zero-order valence-electron chi connectivity index (χ0n) is 7.33. The molecule has 1 rings (SSSR count). The first kappa shape index (κ1) is 12.8. The van der Waals surface area contributed by atoms with Crippen molar-refractivity contribution < 1.29 is 5.11 Å². The maximum Gasteiger partial charge on any atom is 0.130 e. The molecule has 0 saturated heterocycles. The Hall–Kier alpha value is -0.250. The van der Waals surface area contributed by atoms with E-state index in [1.165, 1.54) is 0 Å². The highest BCUT2D eigenvalue weighted by Gasteiger charge is 2.05. The van der Waals surface area contributed by atoms with Crippen LogP contribution < -0.4 is 5.73 Å². The van der Waals surface area contributed by atoms with Crippen LogP contribution in [0, 0.1) is 0 Å². The zero-order chi connectivity index (χ0) is 9.14. The average Bonchev–Trinajstić information content (AvgIpc) is 1.98. The van der Waals surface area contributed by atoms with Crippen molar-refractivity contribution in [3.63, 3.8) is 0 Å². The second-order valence-corrected chi connectivity index (χ2v) is 3.72. The Morgan fingerprint density at radius 2 is 2.15 bits per heavy atom. The first-order valence-corrected chi connectivity index (χ1v) is 4.62. The molecule has 0 spiro atoms. The standard InChI is InChI=1S/C9H12BrNO.ClH/c1-6(11)5-7-3-2-4-8(12)9(7)10;/h2-4,6,12H,5,11H2,1H3;1H. The summed E-state index contributed by atoms with van der Waals surface area (Å²) in [6.07, 6.45) is 0.773. The van der Waals surface area contributed by atoms with Crippen molar-refractivity contribution in [2.75, 3.05) is 0 Å². The third-order valence-electron chi connectivity index (χ3n) is 1.60. The number of aromatic hydroxyl groups is 1. The van der Waals surface area contributed by atoms with Gasteiger partial charge in [-0.25, -0.2) is 0 Å². The molecule has 0 fully saturated rings. The van der Waals surface area contributed by atoms with Gasteiger partial charge < -0.3 is 10.8 Å². The molecule has 0 aliphatic carbocycles. The highest BCUT2D eigenvalue weighted by Crippen LogP contribution is 2.27. The summed E-state index contributed by atoms with van der Waals surface area (Å²) in [7, 11) is 0. The summed E-state index contributed by atoms with van der Waals surface area (Å²) in [5.74, 6) is 0.271. The molecule has 0 aliphatic rings. The minimum Gasteiger partial charge on any atom is -0.507 e. The van der Waals surface area contributed by atoms with Crippen molar-refractivity contribution >= 4 is 28.3 Å². The molecule has 0 aromatic heterocycles.